The van der Waals surface area contributed by atoms with Crippen LogP contribution < -0.4 is 10.6 Å². The molecule has 0 bridgehead atoms. The summed E-state index contributed by atoms with van der Waals surface area (Å²) in [7, 11) is -1.45. The molecule has 9 heteroatoms. The van der Waals surface area contributed by atoms with Crippen LogP contribution in [0.3, 0.4) is 0 Å². The minimum atomic E-state index is -3.09. The van der Waals surface area contributed by atoms with Crippen LogP contribution in [0, 0.1) is 0 Å². The van der Waals surface area contributed by atoms with E-state index in [1.165, 1.54) is 23.6 Å². The molecule has 0 saturated heterocycles. The van der Waals surface area contributed by atoms with Crippen LogP contribution in [-0.4, -0.2) is 68.7 Å². The number of halogens is 1. The Kier molecular flexibility index (Phi) is 12.7. The maximum Gasteiger partial charge on any atom is 0.213 e. The van der Waals surface area contributed by atoms with E-state index in [1.54, 1.807) is 14.0 Å². The van der Waals surface area contributed by atoms with Crippen LogP contribution in [0.25, 0.3) is 0 Å². The van der Waals surface area contributed by atoms with E-state index in [9.17, 15) is 8.42 Å². The largest absolute Gasteiger partial charge is 0.357 e. The summed E-state index contributed by atoms with van der Waals surface area (Å²) in [5, 5.41) is 7.53. The molecule has 0 aromatic rings. The molecule has 2 unspecified atom stereocenters. The normalized spacial score (nSPS) is 21.6. The highest BCUT2D eigenvalue weighted by molar-refractivity contribution is 14.0. The van der Waals surface area contributed by atoms with E-state index in [2.05, 4.69) is 28.8 Å². The summed E-state index contributed by atoms with van der Waals surface area (Å²) in [6.45, 7) is 5.68. The lowest BCUT2D eigenvalue weighted by molar-refractivity contribution is 0.464. The van der Waals surface area contributed by atoms with Gasteiger partial charge in [-0.3, -0.25) is 4.99 Å². The SMILES string of the molecule is CCNC(=NCCCN(C)S(=O)(=O)CC)NC1CCC(SC)C1.I. The van der Waals surface area contributed by atoms with Crippen molar-refractivity contribution in [2.24, 2.45) is 4.99 Å². The van der Waals surface area contributed by atoms with Crippen LogP contribution in [0.15, 0.2) is 4.99 Å². The number of hydrogen-bond donors (Lipinski definition) is 2. The lowest BCUT2D eigenvalue weighted by Gasteiger charge is -2.18. The Labute approximate surface area is 169 Å². The molecule has 0 aromatic heterocycles. The summed E-state index contributed by atoms with van der Waals surface area (Å²) < 4.78 is 24.8. The molecule has 24 heavy (non-hydrogen) atoms. The van der Waals surface area contributed by atoms with Crippen molar-refractivity contribution >= 4 is 51.7 Å². The molecular formula is C15H33IN4O2S2. The molecule has 1 saturated carbocycles. The predicted molar refractivity (Wildman–Crippen MR) is 116 cm³/mol. The molecule has 1 aliphatic rings. The summed E-state index contributed by atoms with van der Waals surface area (Å²) in [5.74, 6) is 0.996. The molecule has 2 N–H and O–H groups in total. The number of thioether (sulfide) groups is 1. The molecule has 144 valence electrons. The second kappa shape index (κ2) is 12.6. The fourth-order valence-corrected chi connectivity index (χ4v) is 4.29. The van der Waals surface area contributed by atoms with Gasteiger partial charge in [0.1, 0.15) is 0 Å². The molecule has 0 radical (unpaired) electrons. The van der Waals surface area contributed by atoms with Crippen molar-refractivity contribution in [1.29, 1.82) is 0 Å². The van der Waals surface area contributed by atoms with Gasteiger partial charge in [-0.15, -0.1) is 24.0 Å². The van der Waals surface area contributed by atoms with Gasteiger partial charge in [-0.05, 0) is 45.8 Å². The van der Waals surface area contributed by atoms with E-state index in [-0.39, 0.29) is 29.7 Å². The third kappa shape index (κ3) is 8.57. The average molecular weight is 492 g/mol. The van der Waals surface area contributed by atoms with Gasteiger partial charge in [-0.2, -0.15) is 11.8 Å². The predicted octanol–water partition coefficient (Wildman–Crippen LogP) is 2.12. The maximum atomic E-state index is 11.7. The molecule has 0 heterocycles. The zero-order chi connectivity index (χ0) is 17.3. The van der Waals surface area contributed by atoms with Crippen LogP contribution >= 0.6 is 35.7 Å². The average Bonchev–Trinajstić information content (AvgIpc) is 2.98. The number of nitrogens with zero attached hydrogens (tertiary/aromatic N) is 2. The number of hydrogen-bond acceptors (Lipinski definition) is 4. The van der Waals surface area contributed by atoms with Gasteiger partial charge in [0.2, 0.25) is 10.0 Å². The molecule has 6 nitrogen and oxygen atoms in total. The van der Waals surface area contributed by atoms with E-state index in [0.29, 0.717) is 19.1 Å². The lowest BCUT2D eigenvalue weighted by atomic mass is 10.2. The Morgan fingerprint density at radius 1 is 1.33 bits per heavy atom. The number of aliphatic imine (C=N–C) groups is 1. The summed E-state index contributed by atoms with van der Waals surface area (Å²) in [6, 6.07) is 0.494. The van der Waals surface area contributed by atoms with Gasteiger partial charge in [0, 0.05) is 38.0 Å². The van der Waals surface area contributed by atoms with Crippen LogP contribution in [-0.2, 0) is 10.0 Å². The monoisotopic (exact) mass is 492 g/mol. The molecule has 0 aromatic carbocycles. The highest BCUT2D eigenvalue weighted by Crippen LogP contribution is 2.27. The van der Waals surface area contributed by atoms with Crippen molar-refractivity contribution in [2.75, 3.05) is 38.7 Å². The van der Waals surface area contributed by atoms with Crippen LogP contribution in [0.1, 0.15) is 39.5 Å². The molecule has 2 atom stereocenters. The summed E-state index contributed by atoms with van der Waals surface area (Å²) in [5.41, 5.74) is 0. The Hall–Kier alpha value is 0.260. The summed E-state index contributed by atoms with van der Waals surface area (Å²) in [4.78, 5) is 4.57. The van der Waals surface area contributed by atoms with Gasteiger partial charge < -0.3 is 10.6 Å². The maximum absolute atomic E-state index is 11.7. The highest BCUT2D eigenvalue weighted by atomic mass is 127. The van der Waals surface area contributed by atoms with Crippen molar-refractivity contribution in [3.8, 4) is 0 Å². The number of sulfonamides is 1. The fraction of sp³-hybridized carbons (Fsp3) is 0.933. The van der Waals surface area contributed by atoms with Gasteiger partial charge in [-0.25, -0.2) is 12.7 Å². The van der Waals surface area contributed by atoms with E-state index < -0.39 is 10.0 Å². The number of guanidine groups is 1. The van der Waals surface area contributed by atoms with Crippen molar-refractivity contribution in [3.63, 3.8) is 0 Å². The van der Waals surface area contributed by atoms with Crippen molar-refractivity contribution in [1.82, 2.24) is 14.9 Å². The minimum Gasteiger partial charge on any atom is -0.357 e. The fourth-order valence-electron chi connectivity index (χ4n) is 2.64. The van der Waals surface area contributed by atoms with E-state index in [4.69, 9.17) is 0 Å². The number of nitrogens with one attached hydrogen (secondary N) is 2. The Balaban J connectivity index is 0.00000529. The standard InChI is InChI=1S/C15H32N4O2S2.HI/c1-5-16-15(18-13-8-9-14(12-13)22-4)17-10-7-11-19(3)23(20,21)6-2;/h13-14H,5-12H2,1-4H3,(H2,16,17,18);1H. The first-order chi connectivity index (χ1) is 10.9. The molecule has 0 aliphatic heterocycles. The van der Waals surface area contributed by atoms with Crippen molar-refractivity contribution in [2.45, 2.75) is 50.8 Å². The van der Waals surface area contributed by atoms with E-state index in [1.807, 2.05) is 11.8 Å². The van der Waals surface area contributed by atoms with Gasteiger partial charge in [-0.1, -0.05) is 0 Å². The minimum absolute atomic E-state index is 0. The third-order valence-electron chi connectivity index (χ3n) is 4.14. The van der Waals surface area contributed by atoms with Crippen LogP contribution in [0.4, 0.5) is 0 Å². The highest BCUT2D eigenvalue weighted by Gasteiger charge is 2.24. The molecule has 0 amide bonds. The first-order valence-electron chi connectivity index (χ1n) is 8.44. The second-order valence-corrected chi connectivity index (χ2v) is 9.35. The van der Waals surface area contributed by atoms with Gasteiger partial charge in [0.25, 0.3) is 0 Å². The molecule has 1 rings (SSSR count). The summed E-state index contributed by atoms with van der Waals surface area (Å²) >= 11 is 1.94. The quantitative estimate of drug-likeness (QED) is 0.223. The van der Waals surface area contributed by atoms with Gasteiger partial charge >= 0.3 is 0 Å². The topological polar surface area (TPSA) is 73.8 Å². The van der Waals surface area contributed by atoms with Crippen molar-refractivity contribution in [3.05, 3.63) is 0 Å². The third-order valence-corrected chi connectivity index (χ3v) is 7.10. The van der Waals surface area contributed by atoms with Crippen LogP contribution in [0.2, 0.25) is 0 Å². The zero-order valence-electron chi connectivity index (χ0n) is 15.2. The summed E-state index contributed by atoms with van der Waals surface area (Å²) in [6.07, 6.45) is 6.53. The second-order valence-electron chi connectivity index (χ2n) is 5.85. The Morgan fingerprint density at radius 2 is 2.04 bits per heavy atom. The van der Waals surface area contributed by atoms with Gasteiger partial charge in [0.05, 0.1) is 5.75 Å². The van der Waals surface area contributed by atoms with Crippen molar-refractivity contribution < 1.29 is 8.42 Å². The molecule has 0 spiro atoms. The molecule has 1 aliphatic carbocycles. The Morgan fingerprint density at radius 3 is 2.58 bits per heavy atom. The Bertz CT molecular complexity index is 474. The van der Waals surface area contributed by atoms with E-state index in [0.717, 1.165) is 24.2 Å². The van der Waals surface area contributed by atoms with E-state index >= 15 is 0 Å². The smallest absolute Gasteiger partial charge is 0.213 e. The lowest BCUT2D eigenvalue weighted by Crippen LogP contribution is -2.42. The van der Waals surface area contributed by atoms with Crippen LogP contribution in [0.5, 0.6) is 0 Å². The molecule has 1 fully saturated rings. The first kappa shape index (κ1) is 24.3. The zero-order valence-corrected chi connectivity index (χ0v) is 19.2. The number of rotatable bonds is 9. The first-order valence-corrected chi connectivity index (χ1v) is 11.3. The van der Waals surface area contributed by atoms with Gasteiger partial charge in [0.15, 0.2) is 5.96 Å². The molecular weight excluding hydrogens is 459 g/mol.